The van der Waals surface area contributed by atoms with Crippen molar-refractivity contribution in [1.82, 2.24) is 4.90 Å². The first-order chi connectivity index (χ1) is 9.56. The zero-order valence-electron chi connectivity index (χ0n) is 12.2. The monoisotopic (exact) mass is 268 g/mol. The molecule has 0 aliphatic carbocycles. The molecule has 0 unspecified atom stereocenters. The van der Waals surface area contributed by atoms with Crippen molar-refractivity contribution in [2.45, 2.75) is 13.5 Å². The van der Waals surface area contributed by atoms with Crippen LogP contribution in [-0.2, 0) is 6.54 Å². The molecule has 2 rings (SSSR count). The molecule has 2 aromatic rings. The summed E-state index contributed by atoms with van der Waals surface area (Å²) in [6, 6.07) is 16.0. The number of nitrogens with one attached hydrogen (secondary N) is 1. The third-order valence-corrected chi connectivity index (χ3v) is 3.09. The first kappa shape index (κ1) is 14.1. The molecule has 0 fully saturated rings. The van der Waals surface area contributed by atoms with Crippen molar-refractivity contribution in [2.75, 3.05) is 19.4 Å². The Morgan fingerprint density at radius 3 is 2.55 bits per heavy atom. The number of hydrogen-bond acceptors (Lipinski definition) is 2. The molecular formula is C17H20N2O. The van der Waals surface area contributed by atoms with Crippen molar-refractivity contribution < 1.29 is 4.79 Å². The molecule has 1 N–H and O–H groups in total. The third kappa shape index (κ3) is 3.60. The van der Waals surface area contributed by atoms with Gasteiger partial charge in [0.2, 0.25) is 0 Å². The Morgan fingerprint density at radius 2 is 1.85 bits per heavy atom. The molecule has 2 aromatic carbocycles. The third-order valence-electron chi connectivity index (χ3n) is 3.09. The maximum atomic E-state index is 11.9. The molecule has 104 valence electrons. The van der Waals surface area contributed by atoms with Gasteiger partial charge >= 0.3 is 0 Å². The van der Waals surface area contributed by atoms with Gasteiger partial charge in [0.25, 0.3) is 5.91 Å². The average Bonchev–Trinajstić information content (AvgIpc) is 2.44. The molecule has 1 amide bonds. The summed E-state index contributed by atoms with van der Waals surface area (Å²) in [5, 5.41) is 3.35. The molecule has 3 nitrogen and oxygen atoms in total. The molecule has 0 spiro atoms. The molecule has 0 saturated carbocycles. The molecule has 0 aromatic heterocycles. The van der Waals surface area contributed by atoms with Crippen LogP contribution in [0.3, 0.4) is 0 Å². The maximum Gasteiger partial charge on any atom is 0.253 e. The average molecular weight is 268 g/mol. The van der Waals surface area contributed by atoms with Gasteiger partial charge in [0, 0.05) is 31.9 Å². The van der Waals surface area contributed by atoms with Crippen molar-refractivity contribution in [2.24, 2.45) is 0 Å². The smallest absolute Gasteiger partial charge is 0.253 e. The van der Waals surface area contributed by atoms with Gasteiger partial charge in [-0.15, -0.1) is 0 Å². The van der Waals surface area contributed by atoms with E-state index in [1.807, 2.05) is 24.3 Å². The van der Waals surface area contributed by atoms with Crippen molar-refractivity contribution in [1.29, 1.82) is 0 Å². The van der Waals surface area contributed by atoms with Gasteiger partial charge in [-0.1, -0.05) is 35.9 Å². The second-order valence-electron chi connectivity index (χ2n) is 5.12. The molecule has 0 heterocycles. The standard InChI is InChI=1S/C17H20N2O/c1-13-6-4-7-14(10-13)12-18-16-9-5-8-15(11-16)17(20)19(2)3/h4-11,18H,12H2,1-3H3. The number of carbonyl (C=O) groups is 1. The SMILES string of the molecule is Cc1cccc(CNc2cccc(C(=O)N(C)C)c2)c1. The van der Waals surface area contributed by atoms with E-state index in [-0.39, 0.29) is 5.91 Å². The van der Waals surface area contributed by atoms with Crippen LogP contribution in [-0.4, -0.2) is 24.9 Å². The Hall–Kier alpha value is -2.29. The van der Waals surface area contributed by atoms with Crippen LogP contribution in [0.5, 0.6) is 0 Å². The zero-order valence-corrected chi connectivity index (χ0v) is 12.2. The van der Waals surface area contributed by atoms with E-state index >= 15 is 0 Å². The lowest BCUT2D eigenvalue weighted by Crippen LogP contribution is -2.21. The van der Waals surface area contributed by atoms with E-state index in [2.05, 4.69) is 36.5 Å². The minimum atomic E-state index is 0.0178. The number of benzene rings is 2. The van der Waals surface area contributed by atoms with Crippen LogP contribution < -0.4 is 5.32 Å². The van der Waals surface area contributed by atoms with E-state index in [4.69, 9.17) is 0 Å². The minimum Gasteiger partial charge on any atom is -0.381 e. The Kier molecular flexibility index (Phi) is 4.41. The summed E-state index contributed by atoms with van der Waals surface area (Å²) in [7, 11) is 3.52. The molecule has 0 saturated heterocycles. The van der Waals surface area contributed by atoms with Crippen LogP contribution in [0.25, 0.3) is 0 Å². The van der Waals surface area contributed by atoms with Crippen LogP contribution in [0.2, 0.25) is 0 Å². The lowest BCUT2D eigenvalue weighted by Gasteiger charge is -2.12. The van der Waals surface area contributed by atoms with Gasteiger partial charge in [-0.05, 0) is 30.7 Å². The summed E-state index contributed by atoms with van der Waals surface area (Å²) in [4.78, 5) is 13.5. The van der Waals surface area contributed by atoms with Crippen LogP contribution in [0, 0.1) is 6.92 Å². The number of hydrogen-bond donors (Lipinski definition) is 1. The second-order valence-corrected chi connectivity index (χ2v) is 5.12. The molecule has 0 atom stereocenters. The first-order valence-corrected chi connectivity index (χ1v) is 6.67. The molecule has 0 bridgehead atoms. The number of nitrogens with zero attached hydrogens (tertiary/aromatic N) is 1. The fourth-order valence-electron chi connectivity index (χ4n) is 2.05. The van der Waals surface area contributed by atoms with Gasteiger partial charge in [0.1, 0.15) is 0 Å². The quantitative estimate of drug-likeness (QED) is 0.922. The van der Waals surface area contributed by atoms with E-state index < -0.39 is 0 Å². The van der Waals surface area contributed by atoms with Gasteiger partial charge in [0.15, 0.2) is 0 Å². The van der Waals surface area contributed by atoms with E-state index in [1.54, 1.807) is 19.0 Å². The van der Waals surface area contributed by atoms with Gasteiger partial charge in [0.05, 0.1) is 0 Å². The highest BCUT2D eigenvalue weighted by atomic mass is 16.2. The summed E-state index contributed by atoms with van der Waals surface area (Å²) >= 11 is 0. The van der Waals surface area contributed by atoms with Crippen molar-refractivity contribution >= 4 is 11.6 Å². The highest BCUT2D eigenvalue weighted by Gasteiger charge is 2.07. The molecule has 0 aliphatic rings. The minimum absolute atomic E-state index is 0.0178. The summed E-state index contributed by atoms with van der Waals surface area (Å²) in [6.07, 6.45) is 0. The van der Waals surface area contributed by atoms with Crippen LogP contribution >= 0.6 is 0 Å². The maximum absolute atomic E-state index is 11.9. The Balaban J connectivity index is 2.07. The Labute approximate surface area is 120 Å². The van der Waals surface area contributed by atoms with Gasteiger partial charge in [-0.25, -0.2) is 0 Å². The van der Waals surface area contributed by atoms with E-state index in [1.165, 1.54) is 11.1 Å². The number of anilines is 1. The van der Waals surface area contributed by atoms with Crippen LogP contribution in [0.15, 0.2) is 48.5 Å². The largest absolute Gasteiger partial charge is 0.381 e. The predicted octanol–water partition coefficient (Wildman–Crippen LogP) is 3.31. The Bertz CT molecular complexity index is 605. The number of amides is 1. The zero-order chi connectivity index (χ0) is 14.5. The van der Waals surface area contributed by atoms with Gasteiger partial charge in [-0.3, -0.25) is 4.79 Å². The van der Waals surface area contributed by atoms with Crippen molar-refractivity contribution in [3.8, 4) is 0 Å². The summed E-state index contributed by atoms with van der Waals surface area (Å²) in [5.41, 5.74) is 4.14. The molecule has 0 radical (unpaired) electrons. The normalized spacial score (nSPS) is 10.2. The topological polar surface area (TPSA) is 32.3 Å². The molecule has 20 heavy (non-hydrogen) atoms. The summed E-state index contributed by atoms with van der Waals surface area (Å²) < 4.78 is 0. The highest BCUT2D eigenvalue weighted by molar-refractivity contribution is 5.94. The fourth-order valence-corrected chi connectivity index (χ4v) is 2.05. The van der Waals surface area contributed by atoms with E-state index in [0.717, 1.165) is 12.2 Å². The van der Waals surface area contributed by atoms with Crippen molar-refractivity contribution in [3.05, 3.63) is 65.2 Å². The molecular weight excluding hydrogens is 248 g/mol. The number of rotatable bonds is 4. The van der Waals surface area contributed by atoms with E-state index in [9.17, 15) is 4.79 Å². The van der Waals surface area contributed by atoms with Crippen LogP contribution in [0.4, 0.5) is 5.69 Å². The lowest BCUT2D eigenvalue weighted by molar-refractivity contribution is 0.0827. The summed E-state index contributed by atoms with van der Waals surface area (Å²) in [5.74, 6) is 0.0178. The highest BCUT2D eigenvalue weighted by Crippen LogP contribution is 2.14. The first-order valence-electron chi connectivity index (χ1n) is 6.67. The van der Waals surface area contributed by atoms with Crippen molar-refractivity contribution in [3.63, 3.8) is 0 Å². The molecule has 0 aliphatic heterocycles. The number of aryl methyl sites for hydroxylation is 1. The Morgan fingerprint density at radius 1 is 1.10 bits per heavy atom. The molecule has 3 heteroatoms. The fraction of sp³-hybridized carbons (Fsp3) is 0.235. The number of carbonyl (C=O) groups excluding carboxylic acids is 1. The van der Waals surface area contributed by atoms with Crippen LogP contribution in [0.1, 0.15) is 21.5 Å². The van der Waals surface area contributed by atoms with Gasteiger partial charge in [-0.2, -0.15) is 0 Å². The van der Waals surface area contributed by atoms with Gasteiger partial charge < -0.3 is 10.2 Å². The van der Waals surface area contributed by atoms with E-state index in [0.29, 0.717) is 5.56 Å². The lowest BCUT2D eigenvalue weighted by atomic mass is 10.1. The second kappa shape index (κ2) is 6.24. The summed E-state index contributed by atoms with van der Waals surface area (Å²) in [6.45, 7) is 2.83. The predicted molar refractivity (Wildman–Crippen MR) is 83.0 cm³/mol.